The molecule has 0 spiro atoms. The zero-order chi connectivity index (χ0) is 12.3. The number of aromatic nitrogens is 1. The zero-order valence-corrected chi connectivity index (χ0v) is 12.1. The predicted octanol–water partition coefficient (Wildman–Crippen LogP) is 2.80. The maximum absolute atomic E-state index is 5.82. The summed E-state index contributed by atoms with van der Waals surface area (Å²) in [4.78, 5) is 9.49. The molecule has 5 heteroatoms. The summed E-state index contributed by atoms with van der Waals surface area (Å²) in [6, 6.07) is 0.580. The first-order valence-corrected chi connectivity index (χ1v) is 7.61. The average Bonchev–Trinajstić information content (AvgIpc) is 2.73. The lowest BCUT2D eigenvalue weighted by Gasteiger charge is -2.29. The van der Waals surface area contributed by atoms with Crippen LogP contribution < -0.4 is 4.90 Å². The third-order valence-corrected chi connectivity index (χ3v) is 4.50. The Hall–Kier alpha value is -0.320. The molecule has 0 bridgehead atoms. The Morgan fingerprint density at radius 2 is 2.35 bits per heavy atom. The van der Waals surface area contributed by atoms with E-state index in [2.05, 4.69) is 34.1 Å². The Labute approximate surface area is 112 Å². The maximum Gasteiger partial charge on any atom is 0.185 e. The number of alkyl halides is 1. The fourth-order valence-electron chi connectivity index (χ4n) is 2.33. The van der Waals surface area contributed by atoms with E-state index in [1.165, 1.54) is 19.4 Å². The van der Waals surface area contributed by atoms with Gasteiger partial charge >= 0.3 is 0 Å². The van der Waals surface area contributed by atoms with Crippen molar-refractivity contribution in [1.82, 2.24) is 9.88 Å². The monoisotopic (exact) mass is 273 g/mol. The third kappa shape index (κ3) is 3.12. The Balaban J connectivity index is 2.15. The highest BCUT2D eigenvalue weighted by Gasteiger charge is 2.24. The number of nitrogens with zero attached hydrogens (tertiary/aromatic N) is 3. The number of halogens is 1. The molecule has 0 aromatic carbocycles. The molecule has 1 aliphatic rings. The molecule has 1 aromatic heterocycles. The number of hydrogen-bond donors (Lipinski definition) is 0. The van der Waals surface area contributed by atoms with Crippen LogP contribution in [-0.4, -0.2) is 42.6 Å². The van der Waals surface area contributed by atoms with Crippen LogP contribution in [0.25, 0.3) is 0 Å². The second kappa shape index (κ2) is 6.03. The summed E-state index contributed by atoms with van der Waals surface area (Å²) in [7, 11) is 2.21. The highest BCUT2D eigenvalue weighted by molar-refractivity contribution is 7.13. The minimum absolute atomic E-state index is 0.515. The van der Waals surface area contributed by atoms with Crippen LogP contribution in [-0.2, 0) is 5.88 Å². The van der Waals surface area contributed by atoms with E-state index in [1.807, 2.05) is 0 Å². The van der Waals surface area contributed by atoms with Crippen molar-refractivity contribution in [1.29, 1.82) is 0 Å². The molecule has 1 atom stereocenters. The molecule has 1 aromatic rings. The van der Waals surface area contributed by atoms with Crippen LogP contribution in [0.1, 0.15) is 25.5 Å². The molecule has 2 heterocycles. The minimum atomic E-state index is 0.515. The van der Waals surface area contributed by atoms with Gasteiger partial charge in [-0.1, -0.05) is 6.92 Å². The Morgan fingerprint density at radius 3 is 3.00 bits per heavy atom. The van der Waals surface area contributed by atoms with Crippen molar-refractivity contribution >= 4 is 28.1 Å². The molecule has 0 amide bonds. The number of hydrogen-bond acceptors (Lipinski definition) is 4. The second-order valence-corrected chi connectivity index (χ2v) is 5.73. The lowest BCUT2D eigenvalue weighted by molar-refractivity contribution is 0.328. The van der Waals surface area contributed by atoms with Crippen LogP contribution in [0.15, 0.2) is 5.38 Å². The van der Waals surface area contributed by atoms with Gasteiger partial charge in [0.1, 0.15) is 0 Å². The molecule has 0 aliphatic carbocycles. The van der Waals surface area contributed by atoms with Crippen molar-refractivity contribution in [2.24, 2.45) is 0 Å². The summed E-state index contributed by atoms with van der Waals surface area (Å²) in [6.45, 7) is 5.68. The van der Waals surface area contributed by atoms with Crippen LogP contribution in [0.4, 0.5) is 5.13 Å². The van der Waals surface area contributed by atoms with Gasteiger partial charge in [-0.3, -0.25) is 0 Å². The van der Waals surface area contributed by atoms with Gasteiger partial charge in [-0.05, 0) is 26.4 Å². The van der Waals surface area contributed by atoms with Crippen LogP contribution in [0.3, 0.4) is 0 Å². The molecule has 96 valence electrons. The van der Waals surface area contributed by atoms with Crippen molar-refractivity contribution in [3.05, 3.63) is 11.1 Å². The lowest BCUT2D eigenvalue weighted by atomic mass is 10.2. The van der Waals surface area contributed by atoms with Gasteiger partial charge in [-0.15, -0.1) is 22.9 Å². The standard InChI is InChI=1S/C12H20ClN3S/c1-3-11-8-15(2)5-4-6-16(11)12-14-10(7-13)9-17-12/h9,11H,3-8H2,1-2H3. The van der Waals surface area contributed by atoms with Crippen molar-refractivity contribution in [3.63, 3.8) is 0 Å². The second-order valence-electron chi connectivity index (χ2n) is 4.63. The average molecular weight is 274 g/mol. The van der Waals surface area contributed by atoms with E-state index < -0.39 is 0 Å². The topological polar surface area (TPSA) is 19.4 Å². The van der Waals surface area contributed by atoms with Gasteiger partial charge in [-0.2, -0.15) is 0 Å². The number of rotatable bonds is 3. The highest BCUT2D eigenvalue weighted by atomic mass is 35.5. The molecule has 1 fully saturated rings. The van der Waals surface area contributed by atoms with Crippen LogP contribution in [0, 0.1) is 0 Å². The lowest BCUT2D eigenvalue weighted by Crippen LogP contribution is -2.39. The third-order valence-electron chi connectivity index (χ3n) is 3.30. The number of thiazole rings is 1. The maximum atomic E-state index is 5.82. The minimum Gasteiger partial charge on any atom is -0.344 e. The normalized spacial score (nSPS) is 22.8. The molecular formula is C12H20ClN3S. The predicted molar refractivity (Wildman–Crippen MR) is 75.2 cm³/mol. The molecule has 1 unspecified atom stereocenters. The van der Waals surface area contributed by atoms with Gasteiger partial charge in [0.2, 0.25) is 0 Å². The quantitative estimate of drug-likeness (QED) is 0.790. The summed E-state index contributed by atoms with van der Waals surface area (Å²) < 4.78 is 0. The first-order valence-electron chi connectivity index (χ1n) is 6.20. The molecule has 0 N–H and O–H groups in total. The van der Waals surface area contributed by atoms with Gasteiger partial charge in [0, 0.05) is 24.5 Å². The molecular weight excluding hydrogens is 254 g/mol. The van der Waals surface area contributed by atoms with E-state index in [0.717, 1.165) is 23.9 Å². The van der Waals surface area contributed by atoms with E-state index >= 15 is 0 Å². The van der Waals surface area contributed by atoms with Crippen molar-refractivity contribution in [3.8, 4) is 0 Å². The molecule has 3 nitrogen and oxygen atoms in total. The fraction of sp³-hybridized carbons (Fsp3) is 0.750. The molecule has 0 radical (unpaired) electrons. The van der Waals surface area contributed by atoms with Crippen molar-refractivity contribution in [2.75, 3.05) is 31.6 Å². The summed E-state index contributed by atoms with van der Waals surface area (Å²) >= 11 is 7.54. The van der Waals surface area contributed by atoms with E-state index in [0.29, 0.717) is 11.9 Å². The van der Waals surface area contributed by atoms with Gasteiger partial charge < -0.3 is 9.80 Å². The van der Waals surface area contributed by atoms with E-state index in [4.69, 9.17) is 11.6 Å². The summed E-state index contributed by atoms with van der Waals surface area (Å²) in [6.07, 6.45) is 2.38. The summed E-state index contributed by atoms with van der Waals surface area (Å²) in [5.74, 6) is 0.515. The largest absolute Gasteiger partial charge is 0.344 e. The fourth-order valence-corrected chi connectivity index (χ4v) is 3.49. The Morgan fingerprint density at radius 1 is 1.53 bits per heavy atom. The summed E-state index contributed by atoms with van der Waals surface area (Å²) in [5, 5.41) is 3.21. The highest BCUT2D eigenvalue weighted by Crippen LogP contribution is 2.26. The van der Waals surface area contributed by atoms with Gasteiger partial charge in [0.05, 0.1) is 11.6 Å². The first kappa shape index (κ1) is 13.1. The number of likely N-dealkylation sites (N-methyl/N-ethyl adjacent to an activating group) is 1. The molecule has 0 saturated carbocycles. The van der Waals surface area contributed by atoms with Crippen LogP contribution in [0.5, 0.6) is 0 Å². The molecule has 1 saturated heterocycles. The first-order chi connectivity index (χ1) is 8.24. The Kier molecular flexibility index (Phi) is 4.65. The summed E-state index contributed by atoms with van der Waals surface area (Å²) in [5.41, 5.74) is 0.999. The zero-order valence-electron chi connectivity index (χ0n) is 10.5. The number of anilines is 1. The molecule has 17 heavy (non-hydrogen) atoms. The van der Waals surface area contributed by atoms with E-state index in [1.54, 1.807) is 11.3 Å². The smallest absolute Gasteiger partial charge is 0.185 e. The van der Waals surface area contributed by atoms with Gasteiger partial charge in [0.25, 0.3) is 0 Å². The van der Waals surface area contributed by atoms with Crippen molar-refractivity contribution < 1.29 is 0 Å². The molecule has 2 rings (SSSR count). The SMILES string of the molecule is CCC1CN(C)CCCN1c1nc(CCl)cs1. The van der Waals surface area contributed by atoms with Crippen LogP contribution >= 0.6 is 22.9 Å². The Bertz CT molecular complexity index is 355. The van der Waals surface area contributed by atoms with Gasteiger partial charge in [0.15, 0.2) is 5.13 Å². The van der Waals surface area contributed by atoms with Gasteiger partial charge in [-0.25, -0.2) is 4.98 Å². The van der Waals surface area contributed by atoms with E-state index in [9.17, 15) is 0 Å². The van der Waals surface area contributed by atoms with E-state index in [-0.39, 0.29) is 0 Å². The van der Waals surface area contributed by atoms with Crippen molar-refractivity contribution in [2.45, 2.75) is 31.7 Å². The molecule has 1 aliphatic heterocycles. The van der Waals surface area contributed by atoms with Crippen LogP contribution in [0.2, 0.25) is 0 Å².